The molecule has 4 rings (SSSR count). The Morgan fingerprint density at radius 2 is 1.93 bits per heavy atom. The molecule has 1 aromatic carbocycles. The van der Waals surface area contributed by atoms with Crippen LogP contribution in [0.15, 0.2) is 48.8 Å². The van der Waals surface area contributed by atoms with E-state index in [0.29, 0.717) is 10.7 Å². The van der Waals surface area contributed by atoms with Gasteiger partial charge in [-0.1, -0.05) is 23.7 Å². The number of halogens is 1. The Balaban J connectivity index is 1.46. The van der Waals surface area contributed by atoms with Crippen molar-refractivity contribution in [1.29, 1.82) is 0 Å². The van der Waals surface area contributed by atoms with Gasteiger partial charge in [0, 0.05) is 51.2 Å². The van der Waals surface area contributed by atoms with Crippen LogP contribution in [0, 0.1) is 10.1 Å². The molecule has 140 valence electrons. The normalized spacial score (nSPS) is 15.8. The maximum Gasteiger partial charge on any atom is 0.292 e. The minimum Gasteiger partial charge on any atom is -0.365 e. The minimum absolute atomic E-state index is 0.170. The summed E-state index contributed by atoms with van der Waals surface area (Å²) < 4.78 is 1.94. The molecule has 1 aliphatic heterocycles. The van der Waals surface area contributed by atoms with Crippen molar-refractivity contribution < 1.29 is 4.92 Å². The molecular weight excluding hydrogens is 366 g/mol. The number of fused-ring (bicyclic) bond motifs is 1. The highest BCUT2D eigenvalue weighted by atomic mass is 35.5. The summed E-state index contributed by atoms with van der Waals surface area (Å²) in [6.45, 7) is 4.09. The fourth-order valence-corrected chi connectivity index (χ4v) is 3.75. The molecule has 1 saturated heterocycles. The average molecular weight is 386 g/mol. The number of pyridine rings is 1. The Labute approximate surface area is 161 Å². The third-order valence-corrected chi connectivity index (χ3v) is 5.08. The third-order valence-electron chi connectivity index (χ3n) is 4.86. The third kappa shape index (κ3) is 3.89. The highest BCUT2D eigenvalue weighted by molar-refractivity contribution is 6.30. The van der Waals surface area contributed by atoms with Crippen LogP contribution in [0.5, 0.6) is 0 Å². The maximum absolute atomic E-state index is 11.3. The van der Waals surface area contributed by atoms with E-state index in [0.717, 1.165) is 50.5 Å². The fraction of sp³-hybridized carbons (Fsp3) is 0.316. The van der Waals surface area contributed by atoms with Gasteiger partial charge < -0.3 is 9.30 Å². The molecule has 0 spiro atoms. The van der Waals surface area contributed by atoms with Gasteiger partial charge in [0.05, 0.1) is 15.6 Å². The van der Waals surface area contributed by atoms with E-state index in [4.69, 9.17) is 11.6 Å². The maximum atomic E-state index is 11.3. The molecular formula is C19H20ClN5O2. The van der Waals surface area contributed by atoms with Gasteiger partial charge in [-0.2, -0.15) is 0 Å². The van der Waals surface area contributed by atoms with E-state index in [1.165, 1.54) is 0 Å². The zero-order valence-electron chi connectivity index (χ0n) is 14.8. The number of rotatable bonds is 4. The van der Waals surface area contributed by atoms with Gasteiger partial charge in [-0.15, -0.1) is 0 Å². The van der Waals surface area contributed by atoms with Crippen molar-refractivity contribution in [3.8, 4) is 0 Å². The van der Waals surface area contributed by atoms with Crippen molar-refractivity contribution in [2.75, 3.05) is 31.1 Å². The summed E-state index contributed by atoms with van der Waals surface area (Å²) in [7, 11) is 0. The van der Waals surface area contributed by atoms with Gasteiger partial charge >= 0.3 is 0 Å². The van der Waals surface area contributed by atoms with E-state index < -0.39 is 0 Å². The number of anilines is 1. The topological polar surface area (TPSA) is 66.9 Å². The lowest BCUT2D eigenvalue weighted by molar-refractivity contribution is -0.384. The second-order valence-electron chi connectivity index (χ2n) is 6.71. The largest absolute Gasteiger partial charge is 0.365 e. The van der Waals surface area contributed by atoms with Crippen LogP contribution in [0.4, 0.5) is 11.4 Å². The van der Waals surface area contributed by atoms with Crippen LogP contribution in [0.3, 0.4) is 0 Å². The lowest BCUT2D eigenvalue weighted by Gasteiger charge is -2.23. The van der Waals surface area contributed by atoms with Crippen molar-refractivity contribution in [1.82, 2.24) is 14.3 Å². The van der Waals surface area contributed by atoms with E-state index in [1.807, 2.05) is 41.1 Å². The van der Waals surface area contributed by atoms with E-state index in [2.05, 4.69) is 14.8 Å². The predicted molar refractivity (Wildman–Crippen MR) is 105 cm³/mol. The number of nitro benzene ring substituents is 1. The summed E-state index contributed by atoms with van der Waals surface area (Å²) in [5, 5.41) is 12.0. The molecule has 3 heterocycles. The highest BCUT2D eigenvalue weighted by Gasteiger charge is 2.22. The van der Waals surface area contributed by atoms with E-state index in [1.54, 1.807) is 12.1 Å². The molecule has 1 aliphatic rings. The van der Waals surface area contributed by atoms with E-state index >= 15 is 0 Å². The lowest BCUT2D eigenvalue weighted by atomic mass is 10.2. The average Bonchev–Trinajstić information content (AvgIpc) is 2.90. The number of para-hydroxylation sites is 2. The fourth-order valence-electron chi connectivity index (χ4n) is 3.58. The van der Waals surface area contributed by atoms with Crippen molar-refractivity contribution in [3.63, 3.8) is 0 Å². The van der Waals surface area contributed by atoms with E-state index in [-0.39, 0.29) is 10.6 Å². The van der Waals surface area contributed by atoms with Gasteiger partial charge in [-0.3, -0.25) is 15.0 Å². The van der Waals surface area contributed by atoms with Crippen LogP contribution in [0.2, 0.25) is 5.02 Å². The summed E-state index contributed by atoms with van der Waals surface area (Å²) in [5.74, 6) is 0. The van der Waals surface area contributed by atoms with Gasteiger partial charge in [0.15, 0.2) is 0 Å². The molecule has 8 heteroatoms. The number of nitrogens with zero attached hydrogens (tertiary/aromatic N) is 5. The van der Waals surface area contributed by atoms with Gasteiger partial charge in [-0.05, 0) is 24.6 Å². The number of hydrogen-bond donors (Lipinski definition) is 0. The molecule has 3 aromatic rings. The summed E-state index contributed by atoms with van der Waals surface area (Å²) in [6.07, 6.45) is 4.81. The molecule has 0 unspecified atom stereocenters. The van der Waals surface area contributed by atoms with Gasteiger partial charge in [0.25, 0.3) is 5.69 Å². The summed E-state index contributed by atoms with van der Waals surface area (Å²) in [5.41, 5.74) is 2.75. The summed E-state index contributed by atoms with van der Waals surface area (Å²) >= 11 is 6.04. The minimum atomic E-state index is -0.306. The van der Waals surface area contributed by atoms with Gasteiger partial charge in [0.1, 0.15) is 11.3 Å². The predicted octanol–water partition coefficient (Wildman–Crippen LogP) is 3.61. The number of hydrogen-bond acceptors (Lipinski definition) is 5. The Kier molecular flexibility index (Phi) is 4.96. The second kappa shape index (κ2) is 7.54. The molecule has 0 atom stereocenters. The first kappa shape index (κ1) is 17.8. The molecule has 0 amide bonds. The second-order valence-corrected chi connectivity index (χ2v) is 7.14. The molecule has 7 nitrogen and oxygen atoms in total. The zero-order valence-corrected chi connectivity index (χ0v) is 15.5. The molecule has 2 aromatic heterocycles. The van der Waals surface area contributed by atoms with Crippen molar-refractivity contribution in [2.24, 2.45) is 0 Å². The Bertz CT molecular complexity index is 974. The quantitative estimate of drug-likeness (QED) is 0.507. The molecule has 27 heavy (non-hydrogen) atoms. The van der Waals surface area contributed by atoms with Crippen molar-refractivity contribution >= 4 is 28.6 Å². The monoisotopic (exact) mass is 385 g/mol. The zero-order chi connectivity index (χ0) is 18.8. The standard InChI is InChI=1S/C19H20ClN5O2/c20-15-6-7-19-21-16(14-24(19)12-15)13-22-8-3-9-23(11-10-22)17-4-1-2-5-18(17)25(26)27/h1-2,4-7,12,14H,3,8-11,13H2. The first-order valence-electron chi connectivity index (χ1n) is 8.94. The number of aromatic nitrogens is 2. The summed E-state index contributed by atoms with van der Waals surface area (Å²) in [4.78, 5) is 20.1. The van der Waals surface area contributed by atoms with Crippen LogP contribution < -0.4 is 4.90 Å². The Morgan fingerprint density at radius 3 is 2.78 bits per heavy atom. The first-order valence-corrected chi connectivity index (χ1v) is 9.32. The molecule has 1 fully saturated rings. The van der Waals surface area contributed by atoms with Crippen LogP contribution in [-0.2, 0) is 6.54 Å². The molecule has 0 saturated carbocycles. The smallest absolute Gasteiger partial charge is 0.292 e. The molecule has 0 bridgehead atoms. The Hall–Kier alpha value is -2.64. The first-order chi connectivity index (χ1) is 13.1. The number of nitro groups is 1. The number of benzene rings is 1. The lowest BCUT2D eigenvalue weighted by Crippen LogP contribution is -2.30. The van der Waals surface area contributed by atoms with Crippen molar-refractivity contribution in [2.45, 2.75) is 13.0 Å². The number of imidazole rings is 1. The SMILES string of the molecule is O=[N+]([O-])c1ccccc1N1CCCN(Cc2cn3cc(Cl)ccc3n2)CC1. The van der Waals surface area contributed by atoms with Gasteiger partial charge in [-0.25, -0.2) is 4.98 Å². The van der Waals surface area contributed by atoms with Gasteiger partial charge in [0.2, 0.25) is 0 Å². The Morgan fingerprint density at radius 1 is 1.07 bits per heavy atom. The van der Waals surface area contributed by atoms with Crippen molar-refractivity contribution in [3.05, 3.63) is 69.6 Å². The van der Waals surface area contributed by atoms with Crippen LogP contribution in [0.1, 0.15) is 12.1 Å². The van der Waals surface area contributed by atoms with Crippen LogP contribution in [0.25, 0.3) is 5.65 Å². The molecule has 0 aliphatic carbocycles. The van der Waals surface area contributed by atoms with Crippen LogP contribution >= 0.6 is 11.6 Å². The van der Waals surface area contributed by atoms with E-state index in [9.17, 15) is 10.1 Å². The highest BCUT2D eigenvalue weighted by Crippen LogP contribution is 2.28. The summed E-state index contributed by atoms with van der Waals surface area (Å²) in [6, 6.07) is 10.7. The molecule has 0 N–H and O–H groups in total. The van der Waals surface area contributed by atoms with Crippen LogP contribution in [-0.4, -0.2) is 45.4 Å². The molecule has 0 radical (unpaired) electrons.